The Balaban J connectivity index is 1.32. The number of carbonyl (C=O) groups is 2. The lowest BCUT2D eigenvalue weighted by molar-refractivity contribution is -0.139. The molecule has 0 unspecified atom stereocenters. The quantitative estimate of drug-likeness (QED) is 0.456. The fraction of sp³-hybridized carbons (Fsp3) is 0.444. The van der Waals surface area contributed by atoms with Crippen LogP contribution in [0.25, 0.3) is 0 Å². The summed E-state index contributed by atoms with van der Waals surface area (Å²) < 4.78 is 6.22. The van der Waals surface area contributed by atoms with E-state index in [1.165, 1.54) is 11.3 Å². The fourth-order valence-corrected chi connectivity index (χ4v) is 5.28. The summed E-state index contributed by atoms with van der Waals surface area (Å²) in [6.45, 7) is 4.47. The van der Waals surface area contributed by atoms with E-state index >= 15 is 0 Å². The molecule has 2 fully saturated rings. The number of nitrogens with one attached hydrogen (secondary N) is 2. The number of rotatable bonds is 7. The smallest absolute Gasteiger partial charge is 0.247 e. The summed E-state index contributed by atoms with van der Waals surface area (Å²) in [5, 5.41) is 6.07. The number of nitrogens with zero attached hydrogens (tertiary/aromatic N) is 2. The standard InChI is InChI=1S/C27H34ClN5O3S/c1-18-6-2-3-7-22(18)32-14-11-20(12-15-32)36-24-10-9-19(16-21(24)28)31-26(35)23-8-4-5-13-33(23)25(34)17-30-27(29)37/h2-3,6-7,9-10,16,20,23H,4-5,8,11-15,17H2,1H3,(H,31,35)(H3,29,30,37)/t23-/m1/s1. The van der Waals surface area contributed by atoms with E-state index in [2.05, 4.69) is 46.7 Å². The van der Waals surface area contributed by atoms with Crippen molar-refractivity contribution >= 4 is 52.1 Å². The van der Waals surface area contributed by atoms with Gasteiger partial charge in [0, 0.05) is 43.9 Å². The van der Waals surface area contributed by atoms with E-state index in [1.54, 1.807) is 23.1 Å². The molecule has 0 aliphatic carbocycles. The van der Waals surface area contributed by atoms with Crippen molar-refractivity contribution in [3.63, 3.8) is 0 Å². The third-order valence-electron chi connectivity index (χ3n) is 6.93. The number of aryl methyl sites for hydroxylation is 1. The van der Waals surface area contributed by atoms with Gasteiger partial charge in [0.15, 0.2) is 5.11 Å². The van der Waals surface area contributed by atoms with E-state index in [0.717, 1.165) is 38.8 Å². The van der Waals surface area contributed by atoms with Gasteiger partial charge >= 0.3 is 0 Å². The second kappa shape index (κ2) is 12.5. The molecule has 0 bridgehead atoms. The summed E-state index contributed by atoms with van der Waals surface area (Å²) in [4.78, 5) is 29.6. The number of para-hydroxylation sites is 1. The van der Waals surface area contributed by atoms with Gasteiger partial charge in [0.05, 0.1) is 11.6 Å². The van der Waals surface area contributed by atoms with Crippen LogP contribution < -0.4 is 26.0 Å². The van der Waals surface area contributed by atoms with Crippen molar-refractivity contribution in [1.29, 1.82) is 0 Å². The van der Waals surface area contributed by atoms with E-state index in [4.69, 9.17) is 34.3 Å². The van der Waals surface area contributed by atoms with E-state index in [9.17, 15) is 9.59 Å². The first-order chi connectivity index (χ1) is 17.8. The number of piperidine rings is 2. The maximum absolute atomic E-state index is 13.1. The highest BCUT2D eigenvalue weighted by Crippen LogP contribution is 2.32. The van der Waals surface area contributed by atoms with Gasteiger partial charge in [0.1, 0.15) is 17.9 Å². The van der Waals surface area contributed by atoms with Gasteiger partial charge in [-0.15, -0.1) is 0 Å². The van der Waals surface area contributed by atoms with E-state index in [-0.39, 0.29) is 29.6 Å². The SMILES string of the molecule is Cc1ccccc1N1CCC(Oc2ccc(NC(=O)[C@H]3CCCCN3C(=O)CNC(N)=S)cc2Cl)CC1. The molecule has 2 amide bonds. The lowest BCUT2D eigenvalue weighted by Gasteiger charge is -2.35. The zero-order chi connectivity index (χ0) is 26.4. The zero-order valence-corrected chi connectivity index (χ0v) is 22.6. The Labute approximate surface area is 228 Å². The minimum atomic E-state index is -0.553. The van der Waals surface area contributed by atoms with Crippen molar-refractivity contribution in [2.75, 3.05) is 36.4 Å². The summed E-state index contributed by atoms with van der Waals surface area (Å²) in [7, 11) is 0. The molecule has 4 N–H and O–H groups in total. The van der Waals surface area contributed by atoms with Crippen LogP contribution in [0, 0.1) is 6.92 Å². The largest absolute Gasteiger partial charge is 0.489 e. The number of halogens is 1. The Kier molecular flexibility index (Phi) is 9.10. The van der Waals surface area contributed by atoms with Crippen molar-refractivity contribution in [3.8, 4) is 5.75 Å². The summed E-state index contributed by atoms with van der Waals surface area (Å²) >= 11 is 11.3. The van der Waals surface area contributed by atoms with Gasteiger partial charge in [0.25, 0.3) is 0 Å². The molecule has 0 saturated carbocycles. The van der Waals surface area contributed by atoms with Crippen LogP contribution in [0.4, 0.5) is 11.4 Å². The van der Waals surface area contributed by atoms with Crippen LogP contribution in [0.15, 0.2) is 42.5 Å². The maximum atomic E-state index is 13.1. The minimum absolute atomic E-state index is 0.0269. The number of hydrogen-bond acceptors (Lipinski definition) is 5. The minimum Gasteiger partial charge on any atom is -0.489 e. The van der Waals surface area contributed by atoms with Crippen molar-refractivity contribution in [2.45, 2.75) is 51.2 Å². The Morgan fingerprint density at radius 2 is 1.86 bits per heavy atom. The summed E-state index contributed by atoms with van der Waals surface area (Å²) in [5.41, 5.74) is 8.55. The van der Waals surface area contributed by atoms with Gasteiger partial charge in [-0.3, -0.25) is 9.59 Å². The van der Waals surface area contributed by atoms with E-state index < -0.39 is 6.04 Å². The summed E-state index contributed by atoms with van der Waals surface area (Å²) in [6, 6.07) is 13.1. The molecule has 0 spiro atoms. The predicted octanol–water partition coefficient (Wildman–Crippen LogP) is 3.85. The zero-order valence-electron chi connectivity index (χ0n) is 21.0. The van der Waals surface area contributed by atoms with Gasteiger partial charge in [-0.1, -0.05) is 29.8 Å². The first kappa shape index (κ1) is 27.0. The molecule has 1 atom stereocenters. The van der Waals surface area contributed by atoms with E-state index in [1.807, 2.05) is 0 Å². The Hall–Kier alpha value is -3.04. The maximum Gasteiger partial charge on any atom is 0.247 e. The topological polar surface area (TPSA) is 99.9 Å². The molecule has 2 saturated heterocycles. The van der Waals surface area contributed by atoms with Crippen molar-refractivity contribution in [3.05, 3.63) is 53.1 Å². The monoisotopic (exact) mass is 543 g/mol. The lowest BCUT2D eigenvalue weighted by atomic mass is 10.0. The molecule has 198 valence electrons. The molecule has 8 nitrogen and oxygen atoms in total. The molecule has 2 aromatic carbocycles. The van der Waals surface area contributed by atoms with Crippen molar-refractivity contribution in [1.82, 2.24) is 10.2 Å². The van der Waals surface area contributed by atoms with Gasteiger partial charge < -0.3 is 30.9 Å². The number of likely N-dealkylation sites (tertiary alicyclic amines) is 1. The molecule has 37 heavy (non-hydrogen) atoms. The van der Waals surface area contributed by atoms with Crippen LogP contribution in [0.2, 0.25) is 5.02 Å². The summed E-state index contributed by atoms with van der Waals surface area (Å²) in [5.74, 6) is 0.159. The highest BCUT2D eigenvalue weighted by atomic mass is 35.5. The molecule has 4 rings (SSSR count). The van der Waals surface area contributed by atoms with Gasteiger partial charge in [-0.05, 0) is 68.2 Å². The molecule has 2 aliphatic heterocycles. The van der Waals surface area contributed by atoms with Gasteiger partial charge in [-0.2, -0.15) is 0 Å². The van der Waals surface area contributed by atoms with Crippen LogP contribution >= 0.6 is 23.8 Å². The van der Waals surface area contributed by atoms with Crippen LogP contribution in [-0.4, -0.2) is 60.2 Å². The highest BCUT2D eigenvalue weighted by Gasteiger charge is 2.32. The number of benzene rings is 2. The van der Waals surface area contributed by atoms with Crippen LogP contribution in [0.1, 0.15) is 37.7 Å². The Morgan fingerprint density at radius 1 is 1.11 bits per heavy atom. The molecule has 2 aliphatic rings. The predicted molar refractivity (Wildman–Crippen MR) is 151 cm³/mol. The van der Waals surface area contributed by atoms with Crippen molar-refractivity contribution in [2.24, 2.45) is 5.73 Å². The number of ether oxygens (including phenoxy) is 1. The van der Waals surface area contributed by atoms with Crippen LogP contribution in [0.3, 0.4) is 0 Å². The molecule has 0 radical (unpaired) electrons. The molecule has 0 aromatic heterocycles. The molecular formula is C27H34ClN5O3S. The molecule has 2 heterocycles. The third-order valence-corrected chi connectivity index (χ3v) is 7.37. The second-order valence-electron chi connectivity index (χ2n) is 9.54. The number of thiocarbonyl (C=S) groups is 1. The van der Waals surface area contributed by atoms with Crippen LogP contribution in [0.5, 0.6) is 5.75 Å². The third kappa shape index (κ3) is 7.05. The first-order valence-corrected chi connectivity index (χ1v) is 13.5. The molecular weight excluding hydrogens is 510 g/mol. The van der Waals surface area contributed by atoms with E-state index in [0.29, 0.717) is 29.4 Å². The number of amides is 2. The summed E-state index contributed by atoms with van der Waals surface area (Å²) in [6.07, 6.45) is 4.21. The molecule has 2 aromatic rings. The highest BCUT2D eigenvalue weighted by molar-refractivity contribution is 7.80. The normalized spacial score (nSPS) is 18.3. The Morgan fingerprint density at radius 3 is 2.57 bits per heavy atom. The molecule has 10 heteroatoms. The average Bonchev–Trinajstić information content (AvgIpc) is 2.89. The second-order valence-corrected chi connectivity index (χ2v) is 10.4. The van der Waals surface area contributed by atoms with Gasteiger partial charge in [-0.25, -0.2) is 0 Å². The van der Waals surface area contributed by atoms with Crippen molar-refractivity contribution < 1.29 is 14.3 Å². The van der Waals surface area contributed by atoms with Gasteiger partial charge in [0.2, 0.25) is 11.8 Å². The Bertz CT molecular complexity index is 1140. The van der Waals surface area contributed by atoms with Crippen LogP contribution in [-0.2, 0) is 9.59 Å². The number of carbonyl (C=O) groups excluding carboxylic acids is 2. The number of hydrogen-bond donors (Lipinski definition) is 3. The first-order valence-electron chi connectivity index (χ1n) is 12.7. The number of nitrogens with two attached hydrogens (primary N) is 1. The number of anilines is 2. The lowest BCUT2D eigenvalue weighted by Crippen LogP contribution is -2.53. The average molecular weight is 544 g/mol. The fourth-order valence-electron chi connectivity index (χ4n) is 4.98.